The molecule has 2 aliphatic rings. The van der Waals surface area contributed by atoms with Crippen LogP contribution in [-0.2, 0) is 0 Å². The van der Waals surface area contributed by atoms with E-state index in [4.69, 9.17) is 10.4 Å². The largest absolute Gasteiger partial charge is 0.254 e. The predicted octanol–water partition coefficient (Wildman–Crippen LogP) is 1.40. The fourth-order valence-electron chi connectivity index (χ4n) is 2.06. The molecule has 3 rings (SSSR count). The van der Waals surface area contributed by atoms with Gasteiger partial charge in [0.15, 0.2) is 5.69 Å². The predicted molar refractivity (Wildman–Crippen MR) is 79.7 cm³/mol. The van der Waals surface area contributed by atoms with Gasteiger partial charge in [0.2, 0.25) is 5.36 Å². The summed E-state index contributed by atoms with van der Waals surface area (Å²) in [6, 6.07) is 10.4. The summed E-state index contributed by atoms with van der Waals surface area (Å²) in [6.45, 7) is 2.01. The highest BCUT2D eigenvalue weighted by Gasteiger charge is 2.12. The Hall–Kier alpha value is -1.78. The van der Waals surface area contributed by atoms with Crippen LogP contribution in [0.1, 0.15) is 5.56 Å². The Labute approximate surface area is 116 Å². The molecular weight excluding hydrogens is 254 g/mol. The molecule has 0 spiro atoms. The van der Waals surface area contributed by atoms with E-state index in [2.05, 4.69) is 29.2 Å². The maximum absolute atomic E-state index is 5.98. The van der Waals surface area contributed by atoms with Crippen molar-refractivity contribution >= 4 is 27.2 Å². The molecule has 1 aliphatic carbocycles. The Balaban J connectivity index is 2.33. The number of nitrogens with two attached hydrogens (primary N) is 1. The van der Waals surface area contributed by atoms with Gasteiger partial charge in [0, 0.05) is 23.8 Å². The van der Waals surface area contributed by atoms with Crippen LogP contribution < -0.4 is 15.7 Å². The second-order valence-corrected chi connectivity index (χ2v) is 6.02. The molecule has 0 saturated carbocycles. The van der Waals surface area contributed by atoms with Crippen LogP contribution in [0.4, 0.5) is 5.69 Å². The first-order valence-electron chi connectivity index (χ1n) is 6.15. The van der Waals surface area contributed by atoms with Gasteiger partial charge in [-0.1, -0.05) is 0 Å². The Bertz CT molecular complexity index is 789. The van der Waals surface area contributed by atoms with Gasteiger partial charge < -0.3 is 0 Å². The van der Waals surface area contributed by atoms with Crippen molar-refractivity contribution in [3.63, 3.8) is 0 Å². The third kappa shape index (κ3) is 2.13. The van der Waals surface area contributed by atoms with E-state index < -0.39 is 0 Å². The van der Waals surface area contributed by atoms with Crippen molar-refractivity contribution in [2.75, 3.05) is 14.1 Å². The van der Waals surface area contributed by atoms with Gasteiger partial charge in [-0.05, 0) is 19.1 Å². The molecule has 19 heavy (non-hydrogen) atoms. The van der Waals surface area contributed by atoms with Crippen molar-refractivity contribution in [2.24, 2.45) is 0 Å². The van der Waals surface area contributed by atoms with E-state index in [0.29, 0.717) is 0 Å². The third-order valence-electron chi connectivity index (χ3n) is 3.27. The normalized spacial score (nSPS) is 11.6. The van der Waals surface area contributed by atoms with Crippen molar-refractivity contribution in [1.82, 2.24) is 9.88 Å². The first-order chi connectivity index (χ1) is 9.04. The molecular formula is C15H16N3S+2. The maximum atomic E-state index is 5.98. The van der Waals surface area contributed by atoms with Crippen molar-refractivity contribution in [3.8, 4) is 10.6 Å². The molecule has 1 radical (unpaired) electrons. The van der Waals surface area contributed by atoms with Crippen LogP contribution >= 0.6 is 11.3 Å². The van der Waals surface area contributed by atoms with Gasteiger partial charge >= 0.3 is 0 Å². The number of benzene rings is 2. The Morgan fingerprint density at radius 2 is 1.95 bits per heavy atom. The van der Waals surface area contributed by atoms with Crippen LogP contribution in [0.25, 0.3) is 20.8 Å². The number of fused-ring (bicyclic) bond motifs is 2. The lowest BCUT2D eigenvalue weighted by atomic mass is 10.1. The van der Waals surface area contributed by atoms with E-state index in [0.717, 1.165) is 27.0 Å². The van der Waals surface area contributed by atoms with Gasteiger partial charge in [0.1, 0.15) is 14.1 Å². The second kappa shape index (κ2) is 4.40. The summed E-state index contributed by atoms with van der Waals surface area (Å²) in [4.78, 5) is 7.94. The Morgan fingerprint density at radius 1 is 1.16 bits per heavy atom. The van der Waals surface area contributed by atoms with Crippen LogP contribution in [0.2, 0.25) is 0 Å². The number of hydrogen-bond acceptors (Lipinski definition) is 3. The average molecular weight is 270 g/mol. The van der Waals surface area contributed by atoms with Crippen LogP contribution in [0, 0.1) is 6.92 Å². The Kier molecular flexibility index (Phi) is 2.84. The SMILES string of the molecule is Cc1cc2nc3ccc([N+](C)C)cc3sc-2cc1=[NH2+]. The number of aromatic nitrogens is 1. The minimum absolute atomic E-state index is 0.827. The number of anilines is 1. The quantitative estimate of drug-likeness (QED) is 0.527. The molecule has 1 aromatic carbocycles. The van der Waals surface area contributed by atoms with Gasteiger partial charge in [0.25, 0.3) is 0 Å². The number of aryl methyl sites for hydroxylation is 1. The molecule has 0 fully saturated rings. The summed E-state index contributed by atoms with van der Waals surface area (Å²) in [7, 11) is 4.09. The van der Waals surface area contributed by atoms with Gasteiger partial charge in [0.05, 0.1) is 20.8 Å². The zero-order valence-corrected chi connectivity index (χ0v) is 12.1. The van der Waals surface area contributed by atoms with Crippen LogP contribution in [-0.4, -0.2) is 19.1 Å². The fraction of sp³-hybridized carbons (Fsp3) is 0.200. The molecule has 0 bridgehead atoms. The fourth-order valence-corrected chi connectivity index (χ4v) is 3.09. The molecule has 0 unspecified atom stereocenters. The molecule has 0 amide bonds. The van der Waals surface area contributed by atoms with Crippen molar-refractivity contribution in [1.29, 1.82) is 0 Å². The van der Waals surface area contributed by atoms with Crippen LogP contribution in [0.3, 0.4) is 0 Å². The highest BCUT2D eigenvalue weighted by atomic mass is 32.1. The second-order valence-electron chi connectivity index (χ2n) is 4.94. The molecule has 0 aromatic heterocycles. The molecule has 0 atom stereocenters. The molecule has 4 heteroatoms. The summed E-state index contributed by atoms with van der Waals surface area (Å²) in [5.41, 5.74) is 4.32. The van der Waals surface area contributed by atoms with Crippen molar-refractivity contribution < 1.29 is 5.41 Å². The Morgan fingerprint density at radius 3 is 2.68 bits per heavy atom. The lowest BCUT2D eigenvalue weighted by molar-refractivity contribution is -0.173. The van der Waals surface area contributed by atoms with E-state index in [1.54, 1.807) is 11.3 Å². The molecule has 2 N–H and O–H groups in total. The van der Waals surface area contributed by atoms with E-state index in [9.17, 15) is 0 Å². The van der Waals surface area contributed by atoms with E-state index >= 15 is 0 Å². The van der Waals surface area contributed by atoms with Gasteiger partial charge in [-0.3, -0.25) is 5.41 Å². The number of rotatable bonds is 1. The van der Waals surface area contributed by atoms with E-state index in [-0.39, 0.29) is 0 Å². The average Bonchev–Trinajstić information content (AvgIpc) is 2.37. The zero-order valence-electron chi connectivity index (χ0n) is 11.3. The summed E-state index contributed by atoms with van der Waals surface area (Å²) in [6.07, 6.45) is 0. The van der Waals surface area contributed by atoms with Crippen molar-refractivity contribution in [3.05, 3.63) is 41.3 Å². The van der Waals surface area contributed by atoms with Crippen molar-refractivity contribution in [2.45, 2.75) is 6.92 Å². The highest BCUT2D eigenvalue weighted by Crippen LogP contribution is 2.31. The summed E-state index contributed by atoms with van der Waals surface area (Å²) >= 11 is 1.74. The molecule has 1 heterocycles. The van der Waals surface area contributed by atoms with E-state index in [1.165, 1.54) is 10.4 Å². The van der Waals surface area contributed by atoms with Crippen LogP contribution in [0.5, 0.6) is 0 Å². The third-order valence-corrected chi connectivity index (χ3v) is 4.36. The standard InChI is InChI=1S/C15H15N3S/c1-9-6-13-15(8-11(9)16)19-14-7-10(18(2)3)4-5-12(14)17-13/h4-8,16H,1-3H3/q+1/p+1. The number of hydrogen-bond donors (Lipinski definition) is 1. The first kappa shape index (κ1) is 12.3. The summed E-state index contributed by atoms with van der Waals surface area (Å²) < 4.78 is 1.18. The molecule has 1 aliphatic heterocycles. The lowest BCUT2D eigenvalue weighted by Crippen LogP contribution is -2.46. The summed E-state index contributed by atoms with van der Waals surface area (Å²) in [5.74, 6) is 0. The minimum Gasteiger partial charge on any atom is -0.254 e. The van der Waals surface area contributed by atoms with Gasteiger partial charge in [-0.2, -0.15) is 0 Å². The zero-order chi connectivity index (χ0) is 13.6. The maximum Gasteiger partial charge on any atom is 0.201 e. The smallest absolute Gasteiger partial charge is 0.201 e. The monoisotopic (exact) mass is 270 g/mol. The molecule has 1 aromatic rings. The highest BCUT2D eigenvalue weighted by molar-refractivity contribution is 7.21. The minimum atomic E-state index is 0.827. The lowest BCUT2D eigenvalue weighted by Gasteiger charge is -2.07. The topological polar surface area (TPSA) is 44.4 Å². The molecule has 0 saturated heterocycles. The van der Waals surface area contributed by atoms with Gasteiger partial charge in [-0.25, -0.2) is 4.98 Å². The first-order valence-corrected chi connectivity index (χ1v) is 6.97. The van der Waals surface area contributed by atoms with E-state index in [1.807, 2.05) is 27.1 Å². The number of nitrogens with zero attached hydrogens (tertiary/aromatic N) is 2. The molecule has 3 nitrogen and oxygen atoms in total. The van der Waals surface area contributed by atoms with Crippen LogP contribution in [0.15, 0.2) is 30.3 Å². The van der Waals surface area contributed by atoms with Gasteiger partial charge in [-0.15, -0.1) is 16.2 Å². The summed E-state index contributed by atoms with van der Waals surface area (Å²) in [5, 5.41) is 6.81. The molecule has 95 valence electrons.